The Balaban J connectivity index is 2.01. The van der Waals surface area contributed by atoms with Crippen molar-refractivity contribution < 1.29 is 23.5 Å². The standard InChI is InChI=1S/C18H17F2N3O4/c1-8-4-12(21)15-14(17(26)16(25)13(7-24)23(8)15)18(27)22-6-9-2-3-10(19)5-11(9)20/h2-3,5,7-8,12,25H,4,6,21H2,1H3,(H,22,27)/t8-,12+/m1/s1. The Morgan fingerprint density at radius 1 is 1.44 bits per heavy atom. The first-order valence-corrected chi connectivity index (χ1v) is 8.20. The highest BCUT2D eigenvalue weighted by Gasteiger charge is 2.35. The monoisotopic (exact) mass is 377 g/mol. The van der Waals surface area contributed by atoms with E-state index in [0.29, 0.717) is 18.8 Å². The molecule has 1 amide bonds. The number of hydrogen-bond donors (Lipinski definition) is 3. The molecular formula is C18H17F2N3O4. The molecule has 7 nitrogen and oxygen atoms in total. The maximum atomic E-state index is 13.7. The minimum absolute atomic E-state index is 0.0212. The molecule has 0 bridgehead atoms. The van der Waals surface area contributed by atoms with Crippen LogP contribution < -0.4 is 16.5 Å². The summed E-state index contributed by atoms with van der Waals surface area (Å²) >= 11 is 0. The quantitative estimate of drug-likeness (QED) is 0.700. The number of rotatable bonds is 4. The van der Waals surface area contributed by atoms with Crippen LogP contribution >= 0.6 is 0 Å². The van der Waals surface area contributed by atoms with Gasteiger partial charge in [-0.25, -0.2) is 8.78 Å². The molecule has 2 aromatic rings. The van der Waals surface area contributed by atoms with Gasteiger partial charge < -0.3 is 20.7 Å². The Kier molecular flexibility index (Phi) is 4.79. The topological polar surface area (TPSA) is 114 Å². The number of nitrogens with two attached hydrogens (primary N) is 1. The number of benzene rings is 1. The highest BCUT2D eigenvalue weighted by molar-refractivity contribution is 5.97. The molecule has 0 fully saturated rings. The molecule has 1 aliphatic rings. The molecule has 3 rings (SSSR count). The van der Waals surface area contributed by atoms with Crippen LogP contribution in [-0.4, -0.2) is 21.9 Å². The van der Waals surface area contributed by atoms with Crippen LogP contribution in [0.1, 0.15) is 57.5 Å². The van der Waals surface area contributed by atoms with Gasteiger partial charge in [0.05, 0.1) is 5.69 Å². The van der Waals surface area contributed by atoms with Crippen molar-refractivity contribution in [2.24, 2.45) is 5.73 Å². The van der Waals surface area contributed by atoms with E-state index in [1.54, 1.807) is 6.92 Å². The zero-order valence-electron chi connectivity index (χ0n) is 14.3. The molecule has 2 atom stereocenters. The Hall–Kier alpha value is -3.07. The van der Waals surface area contributed by atoms with E-state index in [4.69, 9.17) is 5.73 Å². The molecule has 0 unspecified atom stereocenters. The normalized spacial score (nSPS) is 18.2. The number of nitrogens with zero attached hydrogens (tertiary/aromatic N) is 1. The number of halogens is 2. The molecule has 4 N–H and O–H groups in total. The number of amides is 1. The number of aldehydes is 1. The fraction of sp³-hybridized carbons (Fsp3) is 0.278. The summed E-state index contributed by atoms with van der Waals surface area (Å²) in [5.41, 5.74) is 4.54. The van der Waals surface area contributed by atoms with E-state index < -0.39 is 40.3 Å². The highest BCUT2D eigenvalue weighted by Crippen LogP contribution is 2.36. The highest BCUT2D eigenvalue weighted by atomic mass is 19.1. The maximum absolute atomic E-state index is 13.7. The van der Waals surface area contributed by atoms with E-state index in [9.17, 15) is 28.3 Å². The van der Waals surface area contributed by atoms with Crippen LogP contribution in [0, 0.1) is 11.6 Å². The van der Waals surface area contributed by atoms with Crippen molar-refractivity contribution in [1.82, 2.24) is 9.88 Å². The molecular weight excluding hydrogens is 360 g/mol. The van der Waals surface area contributed by atoms with Gasteiger partial charge in [0.2, 0.25) is 5.43 Å². The fourth-order valence-corrected chi connectivity index (χ4v) is 3.40. The molecule has 0 saturated carbocycles. The summed E-state index contributed by atoms with van der Waals surface area (Å²) in [6.45, 7) is 1.44. The third-order valence-corrected chi connectivity index (χ3v) is 4.64. The van der Waals surface area contributed by atoms with Crippen LogP contribution in [0.4, 0.5) is 8.78 Å². The number of fused-ring (bicyclic) bond motifs is 1. The van der Waals surface area contributed by atoms with E-state index in [2.05, 4.69) is 5.32 Å². The summed E-state index contributed by atoms with van der Waals surface area (Å²) in [4.78, 5) is 36.4. The molecule has 1 aliphatic heterocycles. The smallest absolute Gasteiger partial charge is 0.257 e. The first kappa shape index (κ1) is 18.7. The number of pyridine rings is 1. The molecule has 0 saturated heterocycles. The van der Waals surface area contributed by atoms with Crippen LogP contribution in [0.15, 0.2) is 23.0 Å². The van der Waals surface area contributed by atoms with Crippen molar-refractivity contribution in [1.29, 1.82) is 0 Å². The number of carbonyl (C=O) groups is 2. The second-order valence-corrected chi connectivity index (χ2v) is 6.42. The molecule has 1 aromatic heterocycles. The summed E-state index contributed by atoms with van der Waals surface area (Å²) in [5, 5.41) is 12.4. The molecule has 0 spiro atoms. The zero-order valence-corrected chi connectivity index (χ0v) is 14.3. The van der Waals surface area contributed by atoms with E-state index in [1.807, 2.05) is 0 Å². The average molecular weight is 377 g/mol. The van der Waals surface area contributed by atoms with Gasteiger partial charge in [-0.3, -0.25) is 14.4 Å². The lowest BCUT2D eigenvalue weighted by Gasteiger charge is -2.18. The van der Waals surface area contributed by atoms with Gasteiger partial charge in [0.15, 0.2) is 12.0 Å². The van der Waals surface area contributed by atoms with Crippen molar-refractivity contribution in [3.8, 4) is 5.75 Å². The summed E-state index contributed by atoms with van der Waals surface area (Å²) < 4.78 is 28.1. The van der Waals surface area contributed by atoms with Gasteiger partial charge in [0, 0.05) is 30.3 Å². The average Bonchev–Trinajstić information content (AvgIpc) is 2.89. The van der Waals surface area contributed by atoms with E-state index in [0.717, 1.165) is 6.07 Å². The summed E-state index contributed by atoms with van der Waals surface area (Å²) in [6.07, 6.45) is 0.709. The largest absolute Gasteiger partial charge is 0.503 e. The first-order valence-electron chi connectivity index (χ1n) is 8.20. The van der Waals surface area contributed by atoms with Crippen molar-refractivity contribution >= 4 is 12.2 Å². The van der Waals surface area contributed by atoms with E-state index in [-0.39, 0.29) is 29.5 Å². The molecule has 27 heavy (non-hydrogen) atoms. The minimum Gasteiger partial charge on any atom is -0.503 e. The van der Waals surface area contributed by atoms with Crippen LogP contribution in [0.25, 0.3) is 0 Å². The number of hydrogen-bond acceptors (Lipinski definition) is 5. The molecule has 2 heterocycles. The summed E-state index contributed by atoms with van der Waals surface area (Å²) in [7, 11) is 0. The predicted octanol–water partition coefficient (Wildman–Crippen LogP) is 1.54. The van der Waals surface area contributed by atoms with Gasteiger partial charge in [-0.05, 0) is 19.4 Å². The Bertz CT molecular complexity index is 1000. The van der Waals surface area contributed by atoms with Gasteiger partial charge in [0.1, 0.15) is 22.9 Å². The molecule has 142 valence electrons. The molecule has 0 aliphatic carbocycles. The lowest BCUT2D eigenvalue weighted by molar-refractivity contribution is 0.0945. The van der Waals surface area contributed by atoms with Crippen LogP contribution in [0.5, 0.6) is 5.75 Å². The molecule has 0 radical (unpaired) electrons. The van der Waals surface area contributed by atoms with Gasteiger partial charge in [-0.1, -0.05) is 6.07 Å². The van der Waals surface area contributed by atoms with E-state index >= 15 is 0 Å². The Labute approximate surface area is 152 Å². The minimum atomic E-state index is -1.02. The lowest BCUT2D eigenvalue weighted by atomic mass is 10.0. The van der Waals surface area contributed by atoms with Crippen LogP contribution in [0.3, 0.4) is 0 Å². The number of carbonyl (C=O) groups excluding carboxylic acids is 2. The van der Waals surface area contributed by atoms with Crippen LogP contribution in [0.2, 0.25) is 0 Å². The molecule has 1 aromatic carbocycles. The second-order valence-electron chi connectivity index (χ2n) is 6.42. The van der Waals surface area contributed by atoms with Gasteiger partial charge in [-0.15, -0.1) is 0 Å². The lowest BCUT2D eigenvalue weighted by Crippen LogP contribution is -2.33. The molecule has 9 heteroatoms. The van der Waals surface area contributed by atoms with Gasteiger partial charge in [-0.2, -0.15) is 0 Å². The SMILES string of the molecule is C[C@@H]1C[C@H](N)c2c(C(=O)NCc3ccc(F)cc3F)c(=O)c(O)c(C=O)n21. The van der Waals surface area contributed by atoms with Crippen molar-refractivity contribution in [3.63, 3.8) is 0 Å². The summed E-state index contributed by atoms with van der Waals surface area (Å²) in [5.74, 6) is -3.31. The first-order chi connectivity index (χ1) is 12.8. The van der Waals surface area contributed by atoms with Crippen molar-refractivity contribution in [2.75, 3.05) is 0 Å². The second kappa shape index (κ2) is 6.92. The van der Waals surface area contributed by atoms with Crippen LogP contribution in [-0.2, 0) is 6.54 Å². The number of nitrogens with one attached hydrogen (secondary N) is 1. The zero-order chi connectivity index (χ0) is 19.9. The Morgan fingerprint density at radius 3 is 2.78 bits per heavy atom. The predicted molar refractivity (Wildman–Crippen MR) is 91.5 cm³/mol. The number of aromatic nitrogens is 1. The van der Waals surface area contributed by atoms with Gasteiger partial charge >= 0.3 is 0 Å². The third kappa shape index (κ3) is 3.10. The van der Waals surface area contributed by atoms with E-state index in [1.165, 1.54) is 10.6 Å². The maximum Gasteiger partial charge on any atom is 0.257 e. The Morgan fingerprint density at radius 2 is 2.15 bits per heavy atom. The van der Waals surface area contributed by atoms with Crippen molar-refractivity contribution in [2.45, 2.75) is 32.0 Å². The van der Waals surface area contributed by atoms with Crippen molar-refractivity contribution in [3.05, 3.63) is 62.6 Å². The number of aromatic hydroxyl groups is 1. The summed E-state index contributed by atoms with van der Waals surface area (Å²) in [6, 6.07) is 1.90. The van der Waals surface area contributed by atoms with Gasteiger partial charge in [0.25, 0.3) is 5.91 Å². The third-order valence-electron chi connectivity index (χ3n) is 4.64. The fourth-order valence-electron chi connectivity index (χ4n) is 3.40.